The number of rotatable bonds is 2. The van der Waals surface area contributed by atoms with Crippen LogP contribution in [0, 0.1) is 0 Å². The molecule has 1 aromatic rings. The molecular formula is C7H9ClN2OS. The van der Waals surface area contributed by atoms with Crippen molar-refractivity contribution in [3.63, 3.8) is 0 Å². The van der Waals surface area contributed by atoms with Gasteiger partial charge in [0.2, 0.25) is 5.15 Å². The average molecular weight is 205 g/mol. The van der Waals surface area contributed by atoms with Crippen LogP contribution < -0.4 is 4.74 Å². The molecule has 3 nitrogen and oxygen atoms in total. The second-order valence-electron chi connectivity index (χ2n) is 2.88. The number of ether oxygens (including phenoxy) is 1. The molecule has 5 heteroatoms. The summed E-state index contributed by atoms with van der Waals surface area (Å²) >= 11 is 6.82. The van der Waals surface area contributed by atoms with Gasteiger partial charge in [0.1, 0.15) is 6.10 Å². The molecule has 66 valence electrons. The van der Waals surface area contributed by atoms with Gasteiger partial charge in [0, 0.05) is 0 Å². The maximum absolute atomic E-state index is 5.73. The molecule has 0 N–H and O–H groups in total. The molecule has 0 atom stereocenters. The van der Waals surface area contributed by atoms with E-state index < -0.39 is 0 Å². The van der Waals surface area contributed by atoms with Gasteiger partial charge in [-0.3, -0.25) is 0 Å². The first kappa shape index (κ1) is 8.26. The number of hydrogen-bond donors (Lipinski definition) is 0. The fourth-order valence-corrected chi connectivity index (χ4v) is 2.03. The third-order valence-electron chi connectivity index (χ3n) is 2.00. The van der Waals surface area contributed by atoms with Crippen molar-refractivity contribution in [3.05, 3.63) is 5.15 Å². The van der Waals surface area contributed by atoms with Crippen molar-refractivity contribution < 1.29 is 4.74 Å². The number of halogens is 1. The van der Waals surface area contributed by atoms with Crippen molar-refractivity contribution in [1.82, 2.24) is 8.75 Å². The smallest absolute Gasteiger partial charge is 0.265 e. The Morgan fingerprint density at radius 1 is 1.33 bits per heavy atom. The van der Waals surface area contributed by atoms with Crippen molar-refractivity contribution in [2.24, 2.45) is 0 Å². The highest BCUT2D eigenvalue weighted by Crippen LogP contribution is 2.27. The van der Waals surface area contributed by atoms with E-state index in [0.29, 0.717) is 17.1 Å². The van der Waals surface area contributed by atoms with E-state index in [1.54, 1.807) is 0 Å². The molecule has 0 unspecified atom stereocenters. The first-order chi connectivity index (χ1) is 5.86. The highest BCUT2D eigenvalue weighted by molar-refractivity contribution is 6.99. The summed E-state index contributed by atoms with van der Waals surface area (Å²) in [6.45, 7) is 0. The van der Waals surface area contributed by atoms with Crippen LogP contribution in [0.25, 0.3) is 0 Å². The minimum atomic E-state index is 0.311. The monoisotopic (exact) mass is 204 g/mol. The molecular weight excluding hydrogens is 196 g/mol. The van der Waals surface area contributed by atoms with Crippen LogP contribution in [-0.4, -0.2) is 14.9 Å². The van der Waals surface area contributed by atoms with Gasteiger partial charge in [-0.25, -0.2) is 0 Å². The highest BCUT2D eigenvalue weighted by atomic mass is 35.5. The summed E-state index contributed by atoms with van der Waals surface area (Å²) < 4.78 is 13.3. The van der Waals surface area contributed by atoms with Gasteiger partial charge in [0.25, 0.3) is 5.88 Å². The molecule has 1 saturated carbocycles. The molecule has 0 aromatic carbocycles. The lowest BCUT2D eigenvalue weighted by Crippen LogP contribution is -2.11. The van der Waals surface area contributed by atoms with E-state index in [2.05, 4.69) is 8.75 Å². The van der Waals surface area contributed by atoms with Crippen LogP contribution in [0.3, 0.4) is 0 Å². The molecule has 0 bridgehead atoms. The van der Waals surface area contributed by atoms with Crippen molar-refractivity contribution in [2.75, 3.05) is 0 Å². The Labute approximate surface area is 80.0 Å². The van der Waals surface area contributed by atoms with Crippen LogP contribution in [0.4, 0.5) is 0 Å². The summed E-state index contributed by atoms with van der Waals surface area (Å²) in [5.41, 5.74) is 0. The van der Waals surface area contributed by atoms with Crippen LogP contribution in [-0.2, 0) is 0 Å². The fourth-order valence-electron chi connectivity index (χ4n) is 1.40. The standard InChI is InChI=1S/C7H9ClN2OS/c8-6-7(10-12-9-6)11-5-3-1-2-4-5/h5H,1-4H2. The summed E-state index contributed by atoms with van der Waals surface area (Å²) in [5.74, 6) is 0.508. The van der Waals surface area contributed by atoms with Crippen LogP contribution in [0.5, 0.6) is 5.88 Å². The first-order valence-corrected chi connectivity index (χ1v) is 5.12. The normalized spacial score (nSPS) is 18.4. The molecule has 0 saturated heterocycles. The summed E-state index contributed by atoms with van der Waals surface area (Å²) in [7, 11) is 0. The van der Waals surface area contributed by atoms with Crippen molar-refractivity contribution in [1.29, 1.82) is 0 Å². The lowest BCUT2D eigenvalue weighted by atomic mass is 10.3. The van der Waals surface area contributed by atoms with E-state index >= 15 is 0 Å². The topological polar surface area (TPSA) is 35.0 Å². The molecule has 0 amide bonds. The van der Waals surface area contributed by atoms with E-state index in [9.17, 15) is 0 Å². The van der Waals surface area contributed by atoms with Gasteiger partial charge < -0.3 is 4.74 Å². The van der Waals surface area contributed by atoms with E-state index in [4.69, 9.17) is 16.3 Å². The Morgan fingerprint density at radius 2 is 2.08 bits per heavy atom. The van der Waals surface area contributed by atoms with Gasteiger partial charge in [0.15, 0.2) is 0 Å². The van der Waals surface area contributed by atoms with Gasteiger partial charge in [-0.2, -0.15) is 4.37 Å². The van der Waals surface area contributed by atoms with Crippen LogP contribution >= 0.6 is 23.3 Å². The Balaban J connectivity index is 1.98. The predicted octanol–water partition coefficient (Wildman–Crippen LogP) is 2.51. The molecule has 1 aromatic heterocycles. The van der Waals surface area contributed by atoms with Gasteiger partial charge in [-0.15, -0.1) is 4.37 Å². The second kappa shape index (κ2) is 3.58. The zero-order chi connectivity index (χ0) is 8.39. The lowest BCUT2D eigenvalue weighted by molar-refractivity contribution is 0.203. The van der Waals surface area contributed by atoms with Gasteiger partial charge >= 0.3 is 0 Å². The van der Waals surface area contributed by atoms with Gasteiger partial charge in [-0.05, 0) is 25.7 Å². The number of hydrogen-bond acceptors (Lipinski definition) is 4. The summed E-state index contributed by atoms with van der Waals surface area (Å²) in [5, 5.41) is 0.395. The van der Waals surface area contributed by atoms with E-state index in [0.717, 1.165) is 24.6 Å². The van der Waals surface area contributed by atoms with E-state index in [1.165, 1.54) is 12.8 Å². The summed E-state index contributed by atoms with van der Waals surface area (Å²) in [6, 6.07) is 0. The molecule has 0 aliphatic heterocycles. The summed E-state index contributed by atoms with van der Waals surface area (Å²) in [6.07, 6.45) is 5.05. The third kappa shape index (κ3) is 1.69. The first-order valence-electron chi connectivity index (χ1n) is 4.01. The SMILES string of the molecule is Clc1nsnc1OC1CCCC1. The lowest BCUT2D eigenvalue weighted by Gasteiger charge is -2.09. The molecule has 0 radical (unpaired) electrons. The Hall–Kier alpha value is -0.350. The molecule has 1 heterocycles. The molecule has 12 heavy (non-hydrogen) atoms. The molecule has 2 rings (SSSR count). The minimum Gasteiger partial charge on any atom is -0.472 e. The second-order valence-corrected chi connectivity index (χ2v) is 3.77. The Kier molecular flexibility index (Phi) is 2.46. The minimum absolute atomic E-state index is 0.311. The maximum atomic E-state index is 5.73. The fraction of sp³-hybridized carbons (Fsp3) is 0.714. The zero-order valence-electron chi connectivity index (χ0n) is 6.49. The zero-order valence-corrected chi connectivity index (χ0v) is 8.07. The Morgan fingerprint density at radius 3 is 2.67 bits per heavy atom. The van der Waals surface area contributed by atoms with Crippen LogP contribution in [0.15, 0.2) is 0 Å². The largest absolute Gasteiger partial charge is 0.472 e. The van der Waals surface area contributed by atoms with Gasteiger partial charge in [0.05, 0.1) is 11.7 Å². The molecule has 1 aliphatic rings. The predicted molar refractivity (Wildman–Crippen MR) is 47.8 cm³/mol. The summed E-state index contributed by atoms with van der Waals surface area (Å²) in [4.78, 5) is 0. The van der Waals surface area contributed by atoms with Crippen molar-refractivity contribution >= 4 is 23.3 Å². The number of nitrogens with zero attached hydrogens (tertiary/aromatic N) is 2. The van der Waals surface area contributed by atoms with Crippen molar-refractivity contribution in [3.8, 4) is 5.88 Å². The van der Waals surface area contributed by atoms with E-state index in [1.807, 2.05) is 0 Å². The Bertz CT molecular complexity index is 260. The molecule has 0 spiro atoms. The van der Waals surface area contributed by atoms with Crippen LogP contribution in [0.1, 0.15) is 25.7 Å². The number of aromatic nitrogens is 2. The van der Waals surface area contributed by atoms with Gasteiger partial charge in [-0.1, -0.05) is 11.6 Å². The average Bonchev–Trinajstić information content (AvgIpc) is 2.65. The molecule has 1 fully saturated rings. The highest BCUT2D eigenvalue weighted by Gasteiger charge is 2.19. The van der Waals surface area contributed by atoms with E-state index in [-0.39, 0.29) is 0 Å². The third-order valence-corrected chi connectivity index (χ3v) is 2.86. The maximum Gasteiger partial charge on any atom is 0.265 e. The van der Waals surface area contributed by atoms with Crippen molar-refractivity contribution in [2.45, 2.75) is 31.8 Å². The molecule has 1 aliphatic carbocycles. The van der Waals surface area contributed by atoms with Crippen LogP contribution in [0.2, 0.25) is 5.15 Å². The quantitative estimate of drug-likeness (QED) is 0.743.